The minimum absolute atomic E-state index is 0.00532. The van der Waals surface area contributed by atoms with Gasteiger partial charge in [-0.2, -0.15) is 4.98 Å². The molecule has 1 aromatic heterocycles. The van der Waals surface area contributed by atoms with E-state index in [0.29, 0.717) is 18.1 Å². The molecule has 2 aliphatic rings. The van der Waals surface area contributed by atoms with E-state index >= 15 is 0 Å². The number of rotatable bonds is 4. The Kier molecular flexibility index (Phi) is 4.36. The third-order valence-corrected chi connectivity index (χ3v) is 4.42. The van der Waals surface area contributed by atoms with Crippen LogP contribution in [0.4, 0.5) is 0 Å². The number of nitrogens with zero attached hydrogens (tertiary/aromatic N) is 3. The molecule has 1 saturated heterocycles. The molecule has 0 spiro atoms. The summed E-state index contributed by atoms with van der Waals surface area (Å²) >= 11 is 0. The molecule has 1 amide bonds. The van der Waals surface area contributed by atoms with Gasteiger partial charge < -0.3 is 9.42 Å². The van der Waals surface area contributed by atoms with Crippen molar-refractivity contribution < 1.29 is 9.32 Å². The SMILES string of the molecule is CCc1nc([C@@H]2CCCN2C(=O)CC2=CCCCC2)no1. The van der Waals surface area contributed by atoms with Crippen molar-refractivity contribution in [2.45, 2.75) is 64.3 Å². The summed E-state index contributed by atoms with van der Waals surface area (Å²) < 4.78 is 5.19. The van der Waals surface area contributed by atoms with Crippen LogP contribution >= 0.6 is 0 Å². The molecule has 5 heteroatoms. The largest absolute Gasteiger partial charge is 0.339 e. The Bertz CT molecular complexity index is 535. The fourth-order valence-corrected chi connectivity index (χ4v) is 3.24. The maximum Gasteiger partial charge on any atom is 0.227 e. The minimum atomic E-state index is 0.00532. The molecule has 0 aromatic carbocycles. The molecule has 0 unspecified atom stereocenters. The highest BCUT2D eigenvalue weighted by Gasteiger charge is 2.33. The van der Waals surface area contributed by atoms with E-state index in [1.807, 2.05) is 11.8 Å². The number of hydrogen-bond donors (Lipinski definition) is 0. The predicted molar refractivity (Wildman–Crippen MR) is 78.5 cm³/mol. The van der Waals surface area contributed by atoms with Gasteiger partial charge in [0, 0.05) is 19.4 Å². The second-order valence-electron chi connectivity index (χ2n) is 5.93. The Morgan fingerprint density at radius 3 is 3.05 bits per heavy atom. The van der Waals surface area contributed by atoms with Crippen LogP contribution in [0.1, 0.15) is 69.6 Å². The molecule has 0 saturated carbocycles. The molecule has 1 atom stereocenters. The van der Waals surface area contributed by atoms with Gasteiger partial charge in [0.1, 0.15) is 0 Å². The van der Waals surface area contributed by atoms with Crippen molar-refractivity contribution in [1.82, 2.24) is 15.0 Å². The van der Waals surface area contributed by atoms with Crippen molar-refractivity contribution >= 4 is 5.91 Å². The Balaban J connectivity index is 1.68. The summed E-state index contributed by atoms with van der Waals surface area (Å²) in [5.41, 5.74) is 1.30. The Hall–Kier alpha value is -1.65. The van der Waals surface area contributed by atoms with Gasteiger partial charge in [-0.3, -0.25) is 4.79 Å². The first-order chi connectivity index (χ1) is 10.3. The van der Waals surface area contributed by atoms with Crippen LogP contribution < -0.4 is 0 Å². The maximum atomic E-state index is 12.6. The monoisotopic (exact) mass is 289 g/mol. The molecule has 1 aliphatic carbocycles. The Morgan fingerprint density at radius 2 is 2.33 bits per heavy atom. The lowest BCUT2D eigenvalue weighted by Crippen LogP contribution is -2.31. The summed E-state index contributed by atoms with van der Waals surface area (Å²) in [6, 6.07) is 0.00532. The number of likely N-dealkylation sites (tertiary alicyclic amines) is 1. The fraction of sp³-hybridized carbons (Fsp3) is 0.688. The number of carbonyl (C=O) groups is 1. The maximum absolute atomic E-state index is 12.6. The molecule has 114 valence electrons. The number of allylic oxidation sites excluding steroid dienone is 1. The average Bonchev–Trinajstić information content (AvgIpc) is 3.16. The zero-order chi connectivity index (χ0) is 14.7. The van der Waals surface area contributed by atoms with E-state index in [1.165, 1.54) is 18.4 Å². The van der Waals surface area contributed by atoms with E-state index < -0.39 is 0 Å². The zero-order valence-corrected chi connectivity index (χ0v) is 12.7. The molecule has 2 heterocycles. The molecule has 1 aromatic rings. The van der Waals surface area contributed by atoms with Crippen molar-refractivity contribution in [3.8, 4) is 0 Å². The molecule has 0 N–H and O–H groups in total. The normalized spacial score (nSPS) is 22.4. The minimum Gasteiger partial charge on any atom is -0.339 e. The summed E-state index contributed by atoms with van der Waals surface area (Å²) in [6.07, 6.45) is 10.2. The van der Waals surface area contributed by atoms with Crippen LogP contribution in [-0.4, -0.2) is 27.5 Å². The second kappa shape index (κ2) is 6.41. The number of hydrogen-bond acceptors (Lipinski definition) is 4. The van der Waals surface area contributed by atoms with Crippen LogP contribution in [0.25, 0.3) is 0 Å². The fourth-order valence-electron chi connectivity index (χ4n) is 3.24. The van der Waals surface area contributed by atoms with E-state index in [4.69, 9.17) is 4.52 Å². The first-order valence-electron chi connectivity index (χ1n) is 8.07. The summed E-state index contributed by atoms with van der Waals surface area (Å²) in [5.74, 6) is 1.54. The smallest absolute Gasteiger partial charge is 0.227 e. The Morgan fingerprint density at radius 1 is 1.43 bits per heavy atom. The molecular formula is C16H23N3O2. The lowest BCUT2D eigenvalue weighted by molar-refractivity contribution is -0.131. The summed E-state index contributed by atoms with van der Waals surface area (Å²) in [7, 11) is 0. The van der Waals surface area contributed by atoms with E-state index in [0.717, 1.165) is 38.6 Å². The van der Waals surface area contributed by atoms with E-state index in [-0.39, 0.29) is 11.9 Å². The third-order valence-electron chi connectivity index (χ3n) is 4.42. The van der Waals surface area contributed by atoms with E-state index in [9.17, 15) is 4.79 Å². The standard InChI is InChI=1S/C16H23N3O2/c1-2-14-17-16(18-21-14)13-9-6-10-19(13)15(20)11-12-7-4-3-5-8-12/h7,13H,2-6,8-11H2,1H3/t13-/m0/s1. The van der Waals surface area contributed by atoms with Crippen LogP contribution in [-0.2, 0) is 11.2 Å². The molecule has 5 nitrogen and oxygen atoms in total. The van der Waals surface area contributed by atoms with Crippen LogP contribution in [0.2, 0.25) is 0 Å². The van der Waals surface area contributed by atoms with Gasteiger partial charge in [-0.1, -0.05) is 23.7 Å². The van der Waals surface area contributed by atoms with E-state index in [1.54, 1.807) is 0 Å². The lowest BCUT2D eigenvalue weighted by atomic mass is 9.97. The quantitative estimate of drug-likeness (QED) is 0.799. The first kappa shape index (κ1) is 14.3. The van der Waals surface area contributed by atoms with Crippen molar-refractivity contribution in [3.05, 3.63) is 23.4 Å². The first-order valence-corrected chi connectivity index (χ1v) is 8.07. The topological polar surface area (TPSA) is 59.2 Å². The molecule has 1 aliphatic heterocycles. The predicted octanol–water partition coefficient (Wildman–Crippen LogP) is 3.19. The Labute approximate surface area is 125 Å². The highest BCUT2D eigenvalue weighted by Crippen LogP contribution is 2.32. The molecule has 21 heavy (non-hydrogen) atoms. The van der Waals surface area contributed by atoms with E-state index in [2.05, 4.69) is 16.2 Å². The molecule has 1 fully saturated rings. The average molecular weight is 289 g/mol. The van der Waals surface area contributed by atoms with Gasteiger partial charge in [-0.25, -0.2) is 0 Å². The molecule has 0 bridgehead atoms. The molecule has 3 rings (SSSR count). The lowest BCUT2D eigenvalue weighted by Gasteiger charge is -2.23. The van der Waals surface area contributed by atoms with Crippen molar-refractivity contribution in [1.29, 1.82) is 0 Å². The zero-order valence-electron chi connectivity index (χ0n) is 12.7. The van der Waals surface area contributed by atoms with Gasteiger partial charge in [0.05, 0.1) is 6.04 Å². The van der Waals surface area contributed by atoms with Gasteiger partial charge in [0.25, 0.3) is 0 Å². The van der Waals surface area contributed by atoms with Crippen molar-refractivity contribution in [3.63, 3.8) is 0 Å². The van der Waals surface area contributed by atoms with Gasteiger partial charge in [-0.15, -0.1) is 0 Å². The van der Waals surface area contributed by atoms with Gasteiger partial charge in [0.15, 0.2) is 5.82 Å². The van der Waals surface area contributed by atoms with Gasteiger partial charge in [0.2, 0.25) is 11.8 Å². The third kappa shape index (κ3) is 3.17. The molecule has 0 radical (unpaired) electrons. The number of aromatic nitrogens is 2. The van der Waals surface area contributed by atoms with Crippen molar-refractivity contribution in [2.24, 2.45) is 0 Å². The van der Waals surface area contributed by atoms with Crippen molar-refractivity contribution in [2.75, 3.05) is 6.54 Å². The highest BCUT2D eigenvalue weighted by molar-refractivity contribution is 5.79. The second-order valence-corrected chi connectivity index (χ2v) is 5.93. The highest BCUT2D eigenvalue weighted by atomic mass is 16.5. The molecular weight excluding hydrogens is 266 g/mol. The van der Waals surface area contributed by atoms with Gasteiger partial charge in [-0.05, 0) is 38.5 Å². The summed E-state index contributed by atoms with van der Waals surface area (Å²) in [6.45, 7) is 2.80. The summed E-state index contributed by atoms with van der Waals surface area (Å²) in [5, 5.41) is 4.05. The number of carbonyl (C=O) groups excluding carboxylic acids is 1. The number of amides is 1. The van der Waals surface area contributed by atoms with Gasteiger partial charge >= 0.3 is 0 Å². The van der Waals surface area contributed by atoms with Crippen LogP contribution in [0.15, 0.2) is 16.2 Å². The summed E-state index contributed by atoms with van der Waals surface area (Å²) in [4.78, 5) is 18.9. The van der Waals surface area contributed by atoms with Crippen LogP contribution in [0.3, 0.4) is 0 Å². The van der Waals surface area contributed by atoms with Crippen LogP contribution in [0, 0.1) is 0 Å². The van der Waals surface area contributed by atoms with Crippen LogP contribution in [0.5, 0.6) is 0 Å². The number of aryl methyl sites for hydroxylation is 1.